The third-order valence-electron chi connectivity index (χ3n) is 2.41. The van der Waals surface area contributed by atoms with E-state index in [9.17, 15) is 10.1 Å². The Balaban J connectivity index is 2.03. The topological polar surface area (TPSA) is 90.4 Å². The highest BCUT2D eigenvalue weighted by atomic mass is 16.6. The quantitative estimate of drug-likeness (QED) is 0.490. The van der Waals surface area contributed by atoms with Crippen molar-refractivity contribution in [2.75, 3.05) is 18.5 Å². The molecule has 0 aliphatic heterocycles. The maximum atomic E-state index is 10.6. The number of fused-ring (bicyclic) bond motifs is 1. The number of hydrogen-bond donors (Lipinski definition) is 1. The van der Waals surface area contributed by atoms with Crippen LogP contribution in [0.5, 0.6) is 0 Å². The third kappa shape index (κ3) is 3.41. The molecule has 0 atom stereocenters. The summed E-state index contributed by atoms with van der Waals surface area (Å²) in [5, 5.41) is 13.6. The normalized spacial score (nSPS) is 11.1. The summed E-state index contributed by atoms with van der Waals surface area (Å²) in [5.41, 5.74) is 0.967. The SMILES string of the molecule is CC(C)OCCNc1nc2cc([N+](=O)[O-])ccc2o1. The van der Waals surface area contributed by atoms with E-state index in [2.05, 4.69) is 10.3 Å². The molecule has 0 aliphatic carbocycles. The molecule has 0 spiro atoms. The van der Waals surface area contributed by atoms with Crippen molar-refractivity contribution in [2.45, 2.75) is 20.0 Å². The summed E-state index contributed by atoms with van der Waals surface area (Å²) in [4.78, 5) is 14.3. The number of nitrogens with zero attached hydrogens (tertiary/aromatic N) is 2. The molecule has 7 nitrogen and oxygen atoms in total. The minimum Gasteiger partial charge on any atom is -0.424 e. The van der Waals surface area contributed by atoms with Crippen LogP contribution >= 0.6 is 0 Å². The molecule has 102 valence electrons. The number of nitro benzene ring substituents is 1. The lowest BCUT2D eigenvalue weighted by atomic mass is 10.3. The van der Waals surface area contributed by atoms with Gasteiger partial charge in [-0.2, -0.15) is 4.98 Å². The maximum absolute atomic E-state index is 10.6. The van der Waals surface area contributed by atoms with Crippen LogP contribution < -0.4 is 5.32 Å². The molecule has 0 fully saturated rings. The highest BCUT2D eigenvalue weighted by Crippen LogP contribution is 2.23. The third-order valence-corrected chi connectivity index (χ3v) is 2.41. The summed E-state index contributed by atoms with van der Waals surface area (Å²) < 4.78 is 10.8. The summed E-state index contributed by atoms with van der Waals surface area (Å²) in [5.74, 6) is 0. The average Bonchev–Trinajstić information content (AvgIpc) is 2.75. The number of aromatic nitrogens is 1. The van der Waals surface area contributed by atoms with Crippen LogP contribution in [0, 0.1) is 10.1 Å². The van der Waals surface area contributed by atoms with Gasteiger partial charge < -0.3 is 14.5 Å². The summed E-state index contributed by atoms with van der Waals surface area (Å²) in [6.45, 7) is 5.01. The van der Waals surface area contributed by atoms with Crippen LogP contribution in [-0.4, -0.2) is 29.2 Å². The van der Waals surface area contributed by atoms with Gasteiger partial charge in [-0.1, -0.05) is 0 Å². The van der Waals surface area contributed by atoms with Crippen molar-refractivity contribution in [3.8, 4) is 0 Å². The number of benzene rings is 1. The first kappa shape index (κ1) is 13.3. The fraction of sp³-hybridized carbons (Fsp3) is 0.417. The zero-order valence-corrected chi connectivity index (χ0v) is 10.8. The van der Waals surface area contributed by atoms with Crippen molar-refractivity contribution >= 4 is 22.8 Å². The van der Waals surface area contributed by atoms with Crippen LogP contribution in [-0.2, 0) is 4.74 Å². The zero-order valence-electron chi connectivity index (χ0n) is 10.8. The van der Waals surface area contributed by atoms with Crippen LogP contribution in [0.2, 0.25) is 0 Å². The number of anilines is 1. The van der Waals surface area contributed by atoms with Gasteiger partial charge in [0.1, 0.15) is 5.52 Å². The summed E-state index contributed by atoms with van der Waals surface area (Å²) in [6.07, 6.45) is 0.174. The Morgan fingerprint density at radius 2 is 2.32 bits per heavy atom. The van der Waals surface area contributed by atoms with E-state index in [4.69, 9.17) is 9.15 Å². The fourth-order valence-corrected chi connectivity index (χ4v) is 1.56. The first-order valence-corrected chi connectivity index (χ1v) is 5.96. The van der Waals surface area contributed by atoms with E-state index >= 15 is 0 Å². The van der Waals surface area contributed by atoms with Gasteiger partial charge in [-0.3, -0.25) is 10.1 Å². The second kappa shape index (κ2) is 5.66. The number of nitrogens with one attached hydrogen (secondary N) is 1. The number of nitro groups is 1. The van der Waals surface area contributed by atoms with E-state index in [0.29, 0.717) is 30.3 Å². The Bertz CT molecular complexity index is 579. The molecular weight excluding hydrogens is 250 g/mol. The second-order valence-corrected chi connectivity index (χ2v) is 4.27. The molecule has 0 bridgehead atoms. The second-order valence-electron chi connectivity index (χ2n) is 4.27. The van der Waals surface area contributed by atoms with Gasteiger partial charge >= 0.3 is 0 Å². The molecular formula is C12H15N3O4. The standard InChI is InChI=1S/C12H15N3O4/c1-8(2)18-6-5-13-12-14-10-7-9(15(16)17)3-4-11(10)19-12/h3-4,7-8H,5-6H2,1-2H3,(H,13,14). The average molecular weight is 265 g/mol. The summed E-state index contributed by atoms with van der Waals surface area (Å²) >= 11 is 0. The molecule has 1 aromatic heterocycles. The molecule has 0 saturated heterocycles. The first-order valence-electron chi connectivity index (χ1n) is 5.96. The predicted octanol–water partition coefficient (Wildman–Crippen LogP) is 2.57. The van der Waals surface area contributed by atoms with E-state index in [-0.39, 0.29) is 11.8 Å². The van der Waals surface area contributed by atoms with Crippen molar-refractivity contribution in [3.05, 3.63) is 28.3 Å². The van der Waals surface area contributed by atoms with E-state index in [1.54, 1.807) is 0 Å². The van der Waals surface area contributed by atoms with Gasteiger partial charge in [0, 0.05) is 18.7 Å². The molecule has 19 heavy (non-hydrogen) atoms. The van der Waals surface area contributed by atoms with Crippen LogP contribution in [0.15, 0.2) is 22.6 Å². The lowest BCUT2D eigenvalue weighted by Gasteiger charge is -2.06. The minimum atomic E-state index is -0.461. The van der Waals surface area contributed by atoms with E-state index in [1.165, 1.54) is 18.2 Å². The molecule has 0 aliphatic rings. The van der Waals surface area contributed by atoms with Crippen molar-refractivity contribution in [1.82, 2.24) is 4.98 Å². The number of ether oxygens (including phenoxy) is 1. The van der Waals surface area contributed by atoms with E-state index in [1.807, 2.05) is 13.8 Å². The van der Waals surface area contributed by atoms with Crippen molar-refractivity contribution < 1.29 is 14.1 Å². The summed E-state index contributed by atoms with van der Waals surface area (Å²) in [6, 6.07) is 4.65. The van der Waals surface area contributed by atoms with Gasteiger partial charge in [0.05, 0.1) is 17.6 Å². The zero-order chi connectivity index (χ0) is 13.8. The smallest absolute Gasteiger partial charge is 0.295 e. The van der Waals surface area contributed by atoms with Crippen molar-refractivity contribution in [2.24, 2.45) is 0 Å². The van der Waals surface area contributed by atoms with Crippen LogP contribution in [0.3, 0.4) is 0 Å². The molecule has 1 heterocycles. The molecule has 0 unspecified atom stereocenters. The molecule has 2 rings (SSSR count). The molecule has 1 N–H and O–H groups in total. The van der Waals surface area contributed by atoms with Crippen molar-refractivity contribution in [3.63, 3.8) is 0 Å². The van der Waals surface area contributed by atoms with Gasteiger partial charge in [0.2, 0.25) is 0 Å². The number of hydrogen-bond acceptors (Lipinski definition) is 6. The monoisotopic (exact) mass is 265 g/mol. The molecule has 0 amide bonds. The maximum Gasteiger partial charge on any atom is 0.295 e. The van der Waals surface area contributed by atoms with Gasteiger partial charge in [0.15, 0.2) is 5.58 Å². The Labute approximate surface area is 109 Å². The lowest BCUT2D eigenvalue weighted by molar-refractivity contribution is -0.384. The number of non-ortho nitro benzene ring substituents is 1. The van der Waals surface area contributed by atoms with E-state index in [0.717, 1.165) is 0 Å². The number of rotatable bonds is 6. The highest BCUT2D eigenvalue weighted by Gasteiger charge is 2.11. The highest BCUT2D eigenvalue weighted by molar-refractivity contribution is 5.77. The molecule has 0 radical (unpaired) electrons. The Hall–Kier alpha value is -2.15. The Morgan fingerprint density at radius 1 is 1.53 bits per heavy atom. The van der Waals surface area contributed by atoms with Crippen molar-refractivity contribution in [1.29, 1.82) is 0 Å². The van der Waals surface area contributed by atoms with Gasteiger partial charge in [-0.05, 0) is 19.9 Å². The number of oxazole rings is 1. The van der Waals surface area contributed by atoms with Crippen LogP contribution in [0.4, 0.5) is 11.7 Å². The van der Waals surface area contributed by atoms with Gasteiger partial charge in [-0.15, -0.1) is 0 Å². The molecule has 2 aromatic rings. The van der Waals surface area contributed by atoms with E-state index < -0.39 is 4.92 Å². The lowest BCUT2D eigenvalue weighted by Crippen LogP contribution is -2.13. The first-order chi connectivity index (χ1) is 9.06. The Morgan fingerprint density at radius 3 is 3.00 bits per heavy atom. The van der Waals surface area contributed by atoms with Gasteiger partial charge in [-0.25, -0.2) is 0 Å². The molecule has 1 aromatic carbocycles. The van der Waals surface area contributed by atoms with Crippen LogP contribution in [0.1, 0.15) is 13.8 Å². The molecule has 7 heteroatoms. The van der Waals surface area contributed by atoms with Gasteiger partial charge in [0.25, 0.3) is 11.7 Å². The fourth-order valence-electron chi connectivity index (χ4n) is 1.56. The predicted molar refractivity (Wildman–Crippen MR) is 70.2 cm³/mol. The van der Waals surface area contributed by atoms with Crippen LogP contribution in [0.25, 0.3) is 11.1 Å². The summed E-state index contributed by atoms with van der Waals surface area (Å²) in [7, 11) is 0. The molecule has 0 saturated carbocycles. The Kier molecular flexibility index (Phi) is 3.96. The largest absolute Gasteiger partial charge is 0.424 e. The minimum absolute atomic E-state index is 0.00417.